The largest absolute Gasteiger partial charge is 0.465 e. The maximum Gasteiger partial charge on any atom is 0.338 e. The van der Waals surface area contributed by atoms with E-state index < -0.39 is 6.92 Å². The van der Waals surface area contributed by atoms with Crippen molar-refractivity contribution >= 4 is 18.3 Å². The quantitative estimate of drug-likeness (QED) is 0.624. The summed E-state index contributed by atoms with van der Waals surface area (Å²) in [6.45, 7) is 7.20. The number of carbonyl (C=O) groups excluding carboxylic acids is 1. The summed E-state index contributed by atoms with van der Waals surface area (Å²) in [5.41, 5.74) is 2.03. The lowest BCUT2D eigenvalue weighted by Crippen LogP contribution is -2.29. The number of ether oxygens (including phenoxy) is 1. The lowest BCUT2D eigenvalue weighted by Gasteiger charge is -2.22. The van der Waals surface area contributed by atoms with Crippen molar-refractivity contribution in [1.82, 2.24) is 0 Å². The van der Waals surface area contributed by atoms with Crippen LogP contribution in [0.5, 0.6) is 0 Å². The second-order valence-electron chi connectivity index (χ2n) is 5.22. The van der Waals surface area contributed by atoms with E-state index in [-0.39, 0.29) is 11.4 Å². The highest BCUT2D eigenvalue weighted by molar-refractivity contribution is 6.64. The third-order valence-electron chi connectivity index (χ3n) is 2.74. The van der Waals surface area contributed by atoms with Crippen LogP contribution in [0.2, 0.25) is 6.82 Å². The van der Waals surface area contributed by atoms with Gasteiger partial charge in [-0.15, -0.1) is 0 Å². The predicted molar refractivity (Wildman–Crippen MR) is 70.0 cm³/mol. The summed E-state index contributed by atoms with van der Waals surface area (Å²) in [7, 11) is 1.36. The minimum atomic E-state index is -0.590. The Bertz CT molecular complexity index is 419. The van der Waals surface area contributed by atoms with Crippen LogP contribution in [-0.4, -0.2) is 25.0 Å². The molecule has 3 nitrogen and oxygen atoms in total. The fourth-order valence-electron chi connectivity index (χ4n) is 1.75. The summed E-state index contributed by atoms with van der Waals surface area (Å²) in [5.74, 6) is -0.363. The van der Waals surface area contributed by atoms with Gasteiger partial charge in [-0.2, -0.15) is 0 Å². The summed E-state index contributed by atoms with van der Waals surface area (Å²) >= 11 is 0. The van der Waals surface area contributed by atoms with Gasteiger partial charge in [0, 0.05) is 0 Å². The SMILES string of the molecule is COC(=O)c1cc(B(C)O)ccc1C(C)(C)C. The molecule has 4 heteroatoms. The van der Waals surface area contributed by atoms with Crippen LogP contribution in [0.25, 0.3) is 0 Å². The number of carbonyl (C=O) groups is 1. The highest BCUT2D eigenvalue weighted by Gasteiger charge is 2.23. The monoisotopic (exact) mass is 234 g/mol. The third-order valence-corrected chi connectivity index (χ3v) is 2.74. The molecule has 1 aromatic carbocycles. The van der Waals surface area contributed by atoms with Gasteiger partial charge in [-0.05, 0) is 16.4 Å². The lowest BCUT2D eigenvalue weighted by atomic mass is 9.63. The average Bonchev–Trinajstić information content (AvgIpc) is 2.25. The van der Waals surface area contributed by atoms with Gasteiger partial charge in [-0.25, -0.2) is 4.79 Å². The van der Waals surface area contributed by atoms with E-state index >= 15 is 0 Å². The molecule has 17 heavy (non-hydrogen) atoms. The van der Waals surface area contributed by atoms with E-state index in [1.165, 1.54) is 7.11 Å². The van der Waals surface area contributed by atoms with Gasteiger partial charge in [0.15, 0.2) is 0 Å². The van der Waals surface area contributed by atoms with Crippen LogP contribution in [-0.2, 0) is 10.2 Å². The van der Waals surface area contributed by atoms with Crippen LogP contribution in [0.1, 0.15) is 36.7 Å². The zero-order valence-corrected chi connectivity index (χ0v) is 11.1. The predicted octanol–water partition coefficient (Wildman–Crippen LogP) is 1.59. The van der Waals surface area contributed by atoms with Gasteiger partial charge in [0.1, 0.15) is 0 Å². The molecule has 0 radical (unpaired) electrons. The van der Waals surface area contributed by atoms with Crippen LogP contribution < -0.4 is 5.46 Å². The van der Waals surface area contributed by atoms with Crippen molar-refractivity contribution < 1.29 is 14.6 Å². The Labute approximate surface area is 103 Å². The van der Waals surface area contributed by atoms with Crippen molar-refractivity contribution in [2.24, 2.45) is 0 Å². The van der Waals surface area contributed by atoms with E-state index in [9.17, 15) is 9.82 Å². The number of methoxy groups -OCH3 is 1. The first-order valence-corrected chi connectivity index (χ1v) is 5.68. The molecule has 0 heterocycles. The molecular weight excluding hydrogens is 215 g/mol. The van der Waals surface area contributed by atoms with Crippen molar-refractivity contribution in [1.29, 1.82) is 0 Å². The Morgan fingerprint density at radius 3 is 2.35 bits per heavy atom. The summed E-state index contributed by atoms with van der Waals surface area (Å²) in [4.78, 5) is 11.8. The number of benzene rings is 1. The minimum Gasteiger partial charge on any atom is -0.465 e. The van der Waals surface area contributed by atoms with Gasteiger partial charge in [0.2, 0.25) is 0 Å². The smallest absolute Gasteiger partial charge is 0.338 e. The molecule has 0 unspecified atom stereocenters. The first-order valence-electron chi connectivity index (χ1n) is 5.68. The fourth-order valence-corrected chi connectivity index (χ4v) is 1.75. The van der Waals surface area contributed by atoms with E-state index in [2.05, 4.69) is 0 Å². The van der Waals surface area contributed by atoms with Crippen molar-refractivity contribution in [2.75, 3.05) is 7.11 Å². The number of hydrogen-bond donors (Lipinski definition) is 1. The summed E-state index contributed by atoms with van der Waals surface area (Å²) in [5, 5.41) is 9.54. The Hall–Kier alpha value is -1.29. The molecule has 1 aromatic rings. The Morgan fingerprint density at radius 2 is 1.94 bits per heavy atom. The molecule has 0 aliphatic heterocycles. The van der Waals surface area contributed by atoms with Crippen molar-refractivity contribution in [2.45, 2.75) is 33.0 Å². The zero-order valence-electron chi connectivity index (χ0n) is 11.1. The molecule has 0 aromatic heterocycles. The summed E-state index contributed by atoms with van der Waals surface area (Å²) in [6, 6.07) is 5.43. The molecule has 0 saturated carbocycles. The molecule has 0 amide bonds. The van der Waals surface area contributed by atoms with Crippen LogP contribution in [0.4, 0.5) is 0 Å². The first-order chi connectivity index (χ1) is 7.77. The highest BCUT2D eigenvalue weighted by Crippen LogP contribution is 2.25. The third kappa shape index (κ3) is 3.10. The maximum atomic E-state index is 11.8. The highest BCUT2D eigenvalue weighted by atomic mass is 16.5. The normalized spacial score (nSPS) is 11.2. The van der Waals surface area contributed by atoms with Crippen molar-refractivity contribution in [3.63, 3.8) is 0 Å². The van der Waals surface area contributed by atoms with Gasteiger partial charge >= 0.3 is 12.9 Å². The van der Waals surface area contributed by atoms with E-state index in [0.29, 0.717) is 5.56 Å². The first kappa shape index (κ1) is 13.8. The molecule has 1 rings (SSSR count). The second-order valence-corrected chi connectivity index (χ2v) is 5.22. The Morgan fingerprint density at radius 1 is 1.35 bits per heavy atom. The standard InChI is InChI=1S/C13H19BO3/c1-13(2,3)11-7-6-9(14(4)16)8-10(11)12(15)17-5/h6-8,16H,1-5H3. The average molecular weight is 234 g/mol. The number of esters is 1. The van der Waals surface area contributed by atoms with Gasteiger partial charge in [-0.1, -0.05) is 45.8 Å². The van der Waals surface area contributed by atoms with Crippen LogP contribution in [0.15, 0.2) is 18.2 Å². The van der Waals surface area contributed by atoms with Crippen LogP contribution in [0.3, 0.4) is 0 Å². The van der Waals surface area contributed by atoms with E-state index in [1.54, 1.807) is 12.9 Å². The second kappa shape index (κ2) is 4.92. The molecule has 0 spiro atoms. The molecule has 0 atom stereocenters. The summed E-state index contributed by atoms with van der Waals surface area (Å²) < 4.78 is 4.79. The number of rotatable bonds is 2. The maximum absolute atomic E-state index is 11.8. The van der Waals surface area contributed by atoms with E-state index in [0.717, 1.165) is 11.0 Å². The molecule has 92 valence electrons. The molecule has 0 saturated heterocycles. The molecule has 1 N–H and O–H groups in total. The fraction of sp³-hybridized carbons (Fsp3) is 0.462. The molecule has 0 bridgehead atoms. The zero-order chi connectivity index (χ0) is 13.2. The topological polar surface area (TPSA) is 46.5 Å². The molecule has 0 aliphatic rings. The van der Waals surface area contributed by atoms with Gasteiger partial charge < -0.3 is 9.76 Å². The van der Waals surface area contributed by atoms with Crippen molar-refractivity contribution in [3.8, 4) is 0 Å². The number of hydrogen-bond acceptors (Lipinski definition) is 3. The molecule has 0 aliphatic carbocycles. The van der Waals surface area contributed by atoms with E-state index in [4.69, 9.17) is 4.74 Å². The van der Waals surface area contributed by atoms with Crippen LogP contribution >= 0.6 is 0 Å². The molecular formula is C13H19BO3. The lowest BCUT2D eigenvalue weighted by molar-refractivity contribution is 0.0598. The van der Waals surface area contributed by atoms with Crippen LogP contribution in [0, 0.1) is 0 Å². The minimum absolute atomic E-state index is 0.138. The Kier molecular flexibility index (Phi) is 3.99. The molecule has 0 fully saturated rings. The van der Waals surface area contributed by atoms with Gasteiger partial charge in [0.05, 0.1) is 12.7 Å². The van der Waals surface area contributed by atoms with E-state index in [1.807, 2.05) is 32.9 Å². The van der Waals surface area contributed by atoms with Crippen molar-refractivity contribution in [3.05, 3.63) is 29.3 Å². The van der Waals surface area contributed by atoms with Gasteiger partial charge in [0.25, 0.3) is 0 Å². The van der Waals surface area contributed by atoms with Gasteiger partial charge in [-0.3, -0.25) is 0 Å². The Balaban J connectivity index is 3.37. The summed E-state index contributed by atoms with van der Waals surface area (Å²) in [6.07, 6.45) is 0.